The van der Waals surface area contributed by atoms with Crippen molar-refractivity contribution in [3.63, 3.8) is 0 Å². The van der Waals surface area contributed by atoms with Gasteiger partial charge < -0.3 is 9.72 Å². The number of anilines is 1. The van der Waals surface area contributed by atoms with Gasteiger partial charge in [-0.3, -0.25) is 24.0 Å². The van der Waals surface area contributed by atoms with Crippen LogP contribution in [-0.2, 0) is 0 Å². The van der Waals surface area contributed by atoms with Crippen LogP contribution in [0.3, 0.4) is 0 Å². The zero-order valence-electron chi connectivity index (χ0n) is 28.7. The highest BCUT2D eigenvalue weighted by atomic mass is 16.5. The molecule has 4 aliphatic rings. The minimum atomic E-state index is -1.45. The maximum Gasteiger partial charge on any atom is 0.266 e. The highest BCUT2D eigenvalue weighted by Gasteiger charge is 2.46. The van der Waals surface area contributed by atoms with Crippen molar-refractivity contribution in [2.45, 2.75) is 52.6 Å². The average Bonchev–Trinajstić information content (AvgIpc) is 3.92. The van der Waals surface area contributed by atoms with E-state index < -0.39 is 34.9 Å². The lowest BCUT2D eigenvalue weighted by Gasteiger charge is -2.26. The van der Waals surface area contributed by atoms with Gasteiger partial charge in [0.1, 0.15) is 29.1 Å². The zero-order valence-corrected chi connectivity index (χ0v) is 28.7. The van der Waals surface area contributed by atoms with E-state index in [1.54, 1.807) is 18.2 Å². The highest BCUT2D eigenvalue weighted by molar-refractivity contribution is 6.37. The number of benzene rings is 3. The number of hydrogen-bond donors (Lipinski definition) is 1. The number of H-pyrrole nitrogens is 1. The molecule has 254 valence electrons. The summed E-state index contributed by atoms with van der Waals surface area (Å²) >= 11 is 0. The predicted molar refractivity (Wildman–Crippen MR) is 195 cm³/mol. The molecule has 0 saturated carbocycles. The van der Waals surface area contributed by atoms with Gasteiger partial charge in [0.05, 0.1) is 22.2 Å². The summed E-state index contributed by atoms with van der Waals surface area (Å²) in [6, 6.07) is 13.5. The van der Waals surface area contributed by atoms with Gasteiger partial charge in [-0.2, -0.15) is 0 Å². The number of carbonyl (C=O) groups excluding carboxylic acids is 4. The third-order valence-electron chi connectivity index (χ3n) is 10.1. The Morgan fingerprint density at radius 2 is 1.53 bits per heavy atom. The first-order valence-electron chi connectivity index (χ1n) is 17.3. The number of nitrogens with one attached hydrogen (secondary N) is 1. The number of aromatic amines is 1. The van der Waals surface area contributed by atoms with Crippen molar-refractivity contribution in [2.75, 3.05) is 4.90 Å². The minimum Gasteiger partial charge on any atom is -0.488 e. The number of carbonyl (C=O) groups is 4. The van der Waals surface area contributed by atoms with Gasteiger partial charge in [-0.15, -0.1) is 0 Å². The van der Waals surface area contributed by atoms with Crippen LogP contribution in [0, 0.1) is 11.8 Å². The van der Waals surface area contributed by atoms with Crippen LogP contribution >= 0.6 is 0 Å². The second-order valence-corrected chi connectivity index (χ2v) is 14.1. The number of rotatable bonds is 8. The lowest BCUT2D eigenvalue weighted by Crippen LogP contribution is -2.30. The molecule has 2 heterocycles. The van der Waals surface area contributed by atoms with Crippen LogP contribution in [0.1, 0.15) is 105 Å². The molecule has 3 aliphatic carbocycles. The number of allylic oxidation sites excluding steroid dienone is 8. The number of ketones is 2. The molecule has 0 bridgehead atoms. The fraction of sp³-hybridized carbons (Fsp3) is 0.238. The molecule has 0 saturated heterocycles. The third kappa shape index (κ3) is 5.14. The summed E-state index contributed by atoms with van der Waals surface area (Å²) in [6.45, 7) is 8.20. The normalized spacial score (nSPS) is 16.8. The van der Waals surface area contributed by atoms with Crippen LogP contribution in [0.2, 0.25) is 0 Å². The molecule has 1 aromatic heterocycles. The first kappa shape index (κ1) is 32.3. The molecule has 1 N–H and O–H groups in total. The van der Waals surface area contributed by atoms with Gasteiger partial charge in [-0.1, -0.05) is 82.4 Å². The van der Waals surface area contributed by atoms with Crippen molar-refractivity contribution in [3.05, 3.63) is 135 Å². The number of para-hydroxylation sites is 1. The second kappa shape index (κ2) is 12.1. The Morgan fingerprint density at radius 1 is 0.824 bits per heavy atom. The Bertz CT molecular complexity index is 2360. The number of fused-ring (bicyclic) bond motifs is 3. The number of nitrogens with zero attached hydrogens (tertiary/aromatic N) is 2. The molecule has 0 unspecified atom stereocenters. The summed E-state index contributed by atoms with van der Waals surface area (Å²) in [6.07, 6.45) is 13.3. The Hall–Kier alpha value is -5.96. The predicted octanol–water partition coefficient (Wildman–Crippen LogP) is 7.63. The second-order valence-electron chi connectivity index (χ2n) is 14.1. The molecule has 3 aromatic carbocycles. The molecule has 0 radical (unpaired) electrons. The van der Waals surface area contributed by atoms with Crippen LogP contribution in [0.25, 0.3) is 22.0 Å². The van der Waals surface area contributed by atoms with E-state index in [9.17, 15) is 24.0 Å². The molecule has 1 aliphatic heterocycles. The fourth-order valence-electron chi connectivity index (χ4n) is 7.65. The van der Waals surface area contributed by atoms with Crippen LogP contribution in [0.4, 0.5) is 5.69 Å². The molecule has 2 amide bonds. The molecule has 9 nitrogen and oxygen atoms in total. The van der Waals surface area contributed by atoms with Crippen LogP contribution in [-0.4, -0.2) is 39.5 Å². The summed E-state index contributed by atoms with van der Waals surface area (Å²) in [5, 5.41) is 0.265. The Morgan fingerprint density at radius 3 is 2.14 bits per heavy atom. The standard InChI is InChI=1S/C42H35N3O6/c1-21(2)38(22(3)4)51-33-15-9-14-27-35(33)43-39(44-40(27)48)34-36(46)28-19-30-31(20-29(28)37(34)47)42(50)45(41(30)49)32-18-25(23-10-5-6-11-23)16-17-26(32)24-12-7-8-13-24/h5,7-12,14-22,34,38H,6,13H2,1-4H3,(H,43,44,48). The van der Waals surface area contributed by atoms with Gasteiger partial charge in [0, 0.05) is 16.7 Å². The van der Waals surface area contributed by atoms with E-state index in [-0.39, 0.29) is 56.9 Å². The Balaban J connectivity index is 1.17. The number of aromatic nitrogens is 2. The summed E-state index contributed by atoms with van der Waals surface area (Å²) in [5.74, 6) is -3.21. The minimum absolute atomic E-state index is 0.0108. The number of amides is 2. The summed E-state index contributed by atoms with van der Waals surface area (Å²) in [5.41, 5.74) is 3.87. The highest BCUT2D eigenvalue weighted by Crippen LogP contribution is 2.42. The van der Waals surface area contributed by atoms with E-state index in [1.807, 2.05) is 76.3 Å². The van der Waals surface area contributed by atoms with Crippen molar-refractivity contribution in [3.8, 4) is 5.75 Å². The Labute approximate surface area is 294 Å². The molecule has 0 atom stereocenters. The van der Waals surface area contributed by atoms with E-state index in [0.29, 0.717) is 17.9 Å². The van der Waals surface area contributed by atoms with Crippen molar-refractivity contribution < 1.29 is 23.9 Å². The SMILES string of the molecule is CC(C)C(Oc1cccc2c(=O)[nH]c(C3C(=O)c4cc5c(cc4C3=O)C(=O)N(c3cc(C4=CCC=C4)ccc3C3=CC=CC3)C5=O)nc12)C(C)C. The quantitative estimate of drug-likeness (QED) is 0.150. The van der Waals surface area contributed by atoms with Gasteiger partial charge in [0.15, 0.2) is 11.6 Å². The number of hydrogen-bond acceptors (Lipinski definition) is 7. The van der Waals surface area contributed by atoms with Crippen LogP contribution in [0.15, 0.2) is 89.8 Å². The van der Waals surface area contributed by atoms with E-state index >= 15 is 0 Å². The van der Waals surface area contributed by atoms with Crippen molar-refractivity contribution >= 4 is 51.1 Å². The summed E-state index contributed by atoms with van der Waals surface area (Å²) < 4.78 is 6.36. The van der Waals surface area contributed by atoms with Crippen molar-refractivity contribution in [1.82, 2.24) is 9.97 Å². The molecular weight excluding hydrogens is 642 g/mol. The summed E-state index contributed by atoms with van der Waals surface area (Å²) in [7, 11) is 0. The molecule has 51 heavy (non-hydrogen) atoms. The molecular formula is C42H35N3O6. The fourth-order valence-corrected chi connectivity index (χ4v) is 7.65. The monoisotopic (exact) mass is 677 g/mol. The van der Waals surface area contributed by atoms with Crippen LogP contribution in [0.5, 0.6) is 5.75 Å². The van der Waals surface area contributed by atoms with E-state index in [0.717, 1.165) is 33.6 Å². The maximum atomic E-state index is 14.1. The first-order chi connectivity index (χ1) is 24.5. The number of Topliss-reactive ketones (excluding diaryl/α,β-unsaturated/α-hetero) is 2. The van der Waals surface area contributed by atoms with E-state index in [4.69, 9.17) is 4.74 Å². The molecule has 4 aromatic rings. The topological polar surface area (TPSA) is 127 Å². The van der Waals surface area contributed by atoms with Gasteiger partial charge in [0.25, 0.3) is 17.4 Å². The molecule has 0 spiro atoms. The van der Waals surface area contributed by atoms with Crippen molar-refractivity contribution in [2.24, 2.45) is 11.8 Å². The average molecular weight is 678 g/mol. The number of ether oxygens (including phenoxy) is 1. The van der Waals surface area contributed by atoms with Gasteiger partial charge in [0.2, 0.25) is 0 Å². The molecule has 8 rings (SSSR count). The maximum absolute atomic E-state index is 14.1. The van der Waals surface area contributed by atoms with E-state index in [2.05, 4.69) is 16.0 Å². The van der Waals surface area contributed by atoms with Crippen LogP contribution < -0.4 is 15.2 Å². The molecule has 0 fully saturated rings. The molecule has 9 heteroatoms. The lowest BCUT2D eigenvalue weighted by molar-refractivity contribution is 0.0882. The third-order valence-corrected chi connectivity index (χ3v) is 10.1. The Kier molecular flexibility index (Phi) is 7.67. The van der Waals surface area contributed by atoms with Crippen molar-refractivity contribution in [1.29, 1.82) is 0 Å². The van der Waals surface area contributed by atoms with E-state index in [1.165, 1.54) is 12.1 Å². The lowest BCUT2D eigenvalue weighted by atomic mass is 9.96. The smallest absolute Gasteiger partial charge is 0.266 e. The summed E-state index contributed by atoms with van der Waals surface area (Å²) in [4.78, 5) is 78.0. The largest absolute Gasteiger partial charge is 0.488 e. The van der Waals surface area contributed by atoms with Gasteiger partial charge >= 0.3 is 0 Å². The zero-order chi connectivity index (χ0) is 35.7. The van der Waals surface area contributed by atoms with Gasteiger partial charge in [-0.25, -0.2) is 9.88 Å². The first-order valence-corrected chi connectivity index (χ1v) is 17.3. The number of imide groups is 1. The van der Waals surface area contributed by atoms with Gasteiger partial charge in [-0.05, 0) is 71.7 Å².